The maximum absolute atomic E-state index is 12.4. The molecule has 0 spiro atoms. The van der Waals surface area contributed by atoms with Crippen LogP contribution in [0, 0.1) is 0 Å². The van der Waals surface area contributed by atoms with Crippen LogP contribution >= 0.6 is 0 Å². The predicted molar refractivity (Wildman–Crippen MR) is 76.9 cm³/mol. The highest BCUT2D eigenvalue weighted by molar-refractivity contribution is 5.75. The Morgan fingerprint density at radius 1 is 1.52 bits per heavy atom. The van der Waals surface area contributed by atoms with E-state index in [-0.39, 0.29) is 24.5 Å². The van der Waals surface area contributed by atoms with Gasteiger partial charge in [0.2, 0.25) is 0 Å². The minimum atomic E-state index is -0.815. The quantitative estimate of drug-likeness (QED) is 0.874. The molecule has 116 valence electrons. The number of likely N-dealkylation sites (tertiary alicyclic amines) is 1. The highest BCUT2D eigenvalue weighted by Crippen LogP contribution is 2.22. The van der Waals surface area contributed by atoms with Gasteiger partial charge in [0.05, 0.1) is 12.3 Å². The number of urea groups is 1. The second kappa shape index (κ2) is 7.15. The molecular formula is C15H22N2O4. The number of carbonyl (C=O) groups is 2. The number of nitrogens with one attached hydrogen (secondary N) is 1. The second-order valence-corrected chi connectivity index (χ2v) is 5.46. The summed E-state index contributed by atoms with van der Waals surface area (Å²) in [5.74, 6) is -0.104. The average molecular weight is 294 g/mol. The molecule has 0 aromatic carbocycles. The first-order chi connectivity index (χ1) is 10.1. The summed E-state index contributed by atoms with van der Waals surface area (Å²) in [7, 11) is 0. The zero-order chi connectivity index (χ0) is 15.2. The lowest BCUT2D eigenvalue weighted by Crippen LogP contribution is -2.49. The molecule has 1 aromatic rings. The summed E-state index contributed by atoms with van der Waals surface area (Å²) in [4.78, 5) is 24.9. The van der Waals surface area contributed by atoms with E-state index in [1.807, 2.05) is 13.0 Å². The molecular weight excluding hydrogens is 272 g/mol. The first-order valence-electron chi connectivity index (χ1n) is 7.40. The van der Waals surface area contributed by atoms with Crippen molar-refractivity contribution in [1.29, 1.82) is 0 Å². The molecule has 0 aliphatic carbocycles. The third-order valence-corrected chi connectivity index (χ3v) is 3.89. The Morgan fingerprint density at radius 3 is 3.00 bits per heavy atom. The lowest BCUT2D eigenvalue weighted by molar-refractivity contribution is -0.137. The molecule has 1 aliphatic heterocycles. The number of hydrogen-bond acceptors (Lipinski definition) is 3. The summed E-state index contributed by atoms with van der Waals surface area (Å²) in [5.41, 5.74) is 0. The Balaban J connectivity index is 1.93. The number of rotatable bonds is 5. The normalized spacial score (nSPS) is 20.0. The minimum Gasteiger partial charge on any atom is -0.481 e. The number of furan rings is 1. The van der Waals surface area contributed by atoms with Crippen LogP contribution in [0.4, 0.5) is 4.79 Å². The van der Waals surface area contributed by atoms with Crippen LogP contribution in [0.15, 0.2) is 22.8 Å². The van der Waals surface area contributed by atoms with E-state index in [2.05, 4.69) is 5.32 Å². The number of carboxylic acids is 1. The Bertz CT molecular complexity index is 472. The highest BCUT2D eigenvalue weighted by atomic mass is 16.4. The molecule has 2 N–H and O–H groups in total. The molecule has 21 heavy (non-hydrogen) atoms. The lowest BCUT2D eigenvalue weighted by atomic mass is 9.98. The molecule has 1 fully saturated rings. The molecule has 6 heteroatoms. The summed E-state index contributed by atoms with van der Waals surface area (Å²) in [6.45, 7) is 2.55. The second-order valence-electron chi connectivity index (χ2n) is 5.46. The fourth-order valence-electron chi connectivity index (χ4n) is 2.74. The summed E-state index contributed by atoms with van der Waals surface area (Å²) in [6, 6.07) is 3.28. The molecule has 2 unspecified atom stereocenters. The largest absolute Gasteiger partial charge is 0.481 e. The summed E-state index contributed by atoms with van der Waals surface area (Å²) < 4.78 is 5.28. The van der Waals surface area contributed by atoms with Crippen molar-refractivity contribution in [3.05, 3.63) is 24.2 Å². The van der Waals surface area contributed by atoms with Crippen molar-refractivity contribution in [2.75, 3.05) is 6.54 Å². The lowest BCUT2D eigenvalue weighted by Gasteiger charge is -2.36. The van der Waals surface area contributed by atoms with Gasteiger partial charge in [-0.15, -0.1) is 0 Å². The van der Waals surface area contributed by atoms with E-state index < -0.39 is 5.97 Å². The Morgan fingerprint density at radius 2 is 2.33 bits per heavy atom. The van der Waals surface area contributed by atoms with E-state index >= 15 is 0 Å². The summed E-state index contributed by atoms with van der Waals surface area (Å²) >= 11 is 0. The van der Waals surface area contributed by atoms with Gasteiger partial charge in [-0.3, -0.25) is 4.79 Å². The van der Waals surface area contributed by atoms with Gasteiger partial charge < -0.3 is 19.7 Å². The van der Waals surface area contributed by atoms with Gasteiger partial charge in [0, 0.05) is 19.0 Å². The first kappa shape index (κ1) is 15.4. The fraction of sp³-hybridized carbons (Fsp3) is 0.600. The Labute approximate surface area is 124 Å². The average Bonchev–Trinajstić information content (AvgIpc) is 2.99. The molecule has 2 atom stereocenters. The topological polar surface area (TPSA) is 82.8 Å². The Hall–Kier alpha value is -1.98. The first-order valence-corrected chi connectivity index (χ1v) is 7.40. The number of hydrogen-bond donors (Lipinski definition) is 2. The number of carboxylic acid groups (broad SMARTS) is 1. The third-order valence-electron chi connectivity index (χ3n) is 3.89. The van der Waals surface area contributed by atoms with Gasteiger partial charge in [-0.2, -0.15) is 0 Å². The molecule has 1 saturated heterocycles. The maximum Gasteiger partial charge on any atom is 0.318 e. The number of carbonyl (C=O) groups excluding carboxylic acids is 1. The monoisotopic (exact) mass is 294 g/mol. The van der Waals surface area contributed by atoms with Crippen LogP contribution in [-0.4, -0.2) is 34.6 Å². The molecule has 1 aromatic heterocycles. The van der Waals surface area contributed by atoms with Crippen LogP contribution in [0.5, 0.6) is 0 Å². The summed E-state index contributed by atoms with van der Waals surface area (Å²) in [6.07, 6.45) is 5.07. The van der Waals surface area contributed by atoms with Gasteiger partial charge in [0.15, 0.2) is 0 Å². The SMILES string of the molecule is CC(NC(=O)N1CCCCC1CCC(=O)O)c1ccco1. The van der Waals surface area contributed by atoms with Crippen molar-refractivity contribution >= 4 is 12.0 Å². The molecule has 1 aliphatic rings. The van der Waals surface area contributed by atoms with Gasteiger partial charge >= 0.3 is 12.0 Å². The van der Waals surface area contributed by atoms with E-state index in [0.29, 0.717) is 18.7 Å². The van der Waals surface area contributed by atoms with Crippen LogP contribution in [0.2, 0.25) is 0 Å². The third kappa shape index (κ3) is 4.24. The van der Waals surface area contributed by atoms with Crippen molar-refractivity contribution in [3.8, 4) is 0 Å². The van der Waals surface area contributed by atoms with Gasteiger partial charge in [-0.05, 0) is 44.7 Å². The number of amides is 2. The van der Waals surface area contributed by atoms with Gasteiger partial charge in [-0.25, -0.2) is 4.79 Å². The van der Waals surface area contributed by atoms with E-state index in [0.717, 1.165) is 19.3 Å². The number of nitrogens with zero attached hydrogens (tertiary/aromatic N) is 1. The van der Waals surface area contributed by atoms with E-state index in [1.165, 1.54) is 0 Å². The molecule has 0 bridgehead atoms. The molecule has 2 amide bonds. The minimum absolute atomic E-state index is 0.0126. The molecule has 2 heterocycles. The zero-order valence-corrected chi connectivity index (χ0v) is 12.2. The van der Waals surface area contributed by atoms with E-state index in [4.69, 9.17) is 9.52 Å². The van der Waals surface area contributed by atoms with Crippen molar-refractivity contribution in [3.63, 3.8) is 0 Å². The number of aliphatic carboxylic acids is 1. The van der Waals surface area contributed by atoms with Crippen LogP contribution in [0.25, 0.3) is 0 Å². The van der Waals surface area contributed by atoms with E-state index in [9.17, 15) is 9.59 Å². The van der Waals surface area contributed by atoms with Crippen LogP contribution in [0.3, 0.4) is 0 Å². The smallest absolute Gasteiger partial charge is 0.318 e. The van der Waals surface area contributed by atoms with Gasteiger partial charge in [0.25, 0.3) is 0 Å². The van der Waals surface area contributed by atoms with Gasteiger partial charge in [0.1, 0.15) is 5.76 Å². The summed E-state index contributed by atoms with van der Waals surface area (Å²) in [5, 5.41) is 11.7. The van der Waals surface area contributed by atoms with Crippen LogP contribution < -0.4 is 5.32 Å². The zero-order valence-electron chi connectivity index (χ0n) is 12.2. The molecule has 0 saturated carbocycles. The van der Waals surface area contributed by atoms with Gasteiger partial charge in [-0.1, -0.05) is 0 Å². The van der Waals surface area contributed by atoms with E-state index in [1.54, 1.807) is 17.2 Å². The molecule has 0 radical (unpaired) electrons. The fourth-order valence-corrected chi connectivity index (χ4v) is 2.74. The molecule has 2 rings (SSSR count). The maximum atomic E-state index is 12.4. The standard InChI is InChI=1S/C15H22N2O4/c1-11(13-6-4-10-21-13)16-15(20)17-9-3-2-5-12(17)7-8-14(18)19/h4,6,10-12H,2-3,5,7-9H2,1H3,(H,16,20)(H,18,19). The van der Waals surface area contributed by atoms with Crippen molar-refractivity contribution in [2.24, 2.45) is 0 Å². The van der Waals surface area contributed by atoms with Crippen LogP contribution in [0.1, 0.15) is 50.8 Å². The Kier molecular flexibility index (Phi) is 5.25. The van der Waals surface area contributed by atoms with Crippen molar-refractivity contribution < 1.29 is 19.1 Å². The van der Waals surface area contributed by atoms with Crippen molar-refractivity contribution in [1.82, 2.24) is 10.2 Å². The van der Waals surface area contributed by atoms with Crippen LogP contribution in [-0.2, 0) is 4.79 Å². The number of piperidine rings is 1. The predicted octanol–water partition coefficient (Wildman–Crippen LogP) is 2.77. The molecule has 6 nitrogen and oxygen atoms in total. The highest BCUT2D eigenvalue weighted by Gasteiger charge is 2.28. The van der Waals surface area contributed by atoms with Crippen molar-refractivity contribution in [2.45, 2.75) is 51.1 Å².